The number of aliphatic hydroxyl groups excluding tert-OH is 1. The monoisotopic (exact) mass is 310 g/mol. The van der Waals surface area contributed by atoms with Crippen LogP contribution in [-0.4, -0.2) is 5.11 Å². The third-order valence-corrected chi connectivity index (χ3v) is 5.39. The van der Waals surface area contributed by atoms with Gasteiger partial charge in [0, 0.05) is 4.47 Å². The lowest BCUT2D eigenvalue weighted by atomic mass is 9.73. The highest BCUT2D eigenvalue weighted by molar-refractivity contribution is 9.10. The summed E-state index contributed by atoms with van der Waals surface area (Å²) in [5.74, 6) is 1.13. The van der Waals surface area contributed by atoms with Crippen LogP contribution in [0.5, 0.6) is 0 Å². The van der Waals surface area contributed by atoms with E-state index < -0.39 is 0 Å². The zero-order valence-corrected chi connectivity index (χ0v) is 12.9. The van der Waals surface area contributed by atoms with Gasteiger partial charge in [0.2, 0.25) is 0 Å². The molecule has 1 nitrogen and oxygen atoms in total. The Bertz CT molecular complexity index is 402. The minimum Gasteiger partial charge on any atom is -0.388 e. The van der Waals surface area contributed by atoms with Gasteiger partial charge in [0.1, 0.15) is 0 Å². The lowest BCUT2D eigenvalue weighted by molar-refractivity contribution is 0.0447. The maximum atomic E-state index is 10.7. The Morgan fingerprint density at radius 3 is 2.78 bits per heavy atom. The number of hydrogen-bond donors (Lipinski definition) is 1. The van der Waals surface area contributed by atoms with Crippen LogP contribution in [0.25, 0.3) is 0 Å². The van der Waals surface area contributed by atoms with Gasteiger partial charge in [-0.05, 0) is 42.4 Å². The highest BCUT2D eigenvalue weighted by atomic mass is 79.9. The SMILES string of the molecule is CCC1CCCCC1C(O)c1cccc(Br)c1C. The topological polar surface area (TPSA) is 20.2 Å². The normalized spacial score (nSPS) is 26.0. The molecular formula is C16H23BrO. The second kappa shape index (κ2) is 6.21. The molecular weight excluding hydrogens is 288 g/mol. The molecule has 1 N–H and O–H groups in total. The average Bonchev–Trinajstić information content (AvgIpc) is 2.41. The van der Waals surface area contributed by atoms with Crippen LogP contribution < -0.4 is 0 Å². The molecule has 2 heteroatoms. The number of halogens is 1. The molecule has 1 aliphatic rings. The molecule has 2 rings (SSSR count). The standard InChI is InChI=1S/C16H23BrO/c1-3-12-7-4-5-8-14(12)16(18)13-9-6-10-15(17)11(13)2/h6,9-10,12,14,16,18H,3-5,7-8H2,1-2H3. The van der Waals surface area contributed by atoms with Crippen molar-refractivity contribution >= 4 is 15.9 Å². The fourth-order valence-corrected chi connectivity index (χ4v) is 3.72. The van der Waals surface area contributed by atoms with Gasteiger partial charge in [0.05, 0.1) is 6.10 Å². The Labute approximate surface area is 119 Å². The van der Waals surface area contributed by atoms with Gasteiger partial charge in [-0.2, -0.15) is 0 Å². The minimum atomic E-state index is -0.298. The molecule has 3 atom stereocenters. The van der Waals surface area contributed by atoms with Gasteiger partial charge in [0.25, 0.3) is 0 Å². The van der Waals surface area contributed by atoms with E-state index in [1.807, 2.05) is 12.1 Å². The van der Waals surface area contributed by atoms with Crippen LogP contribution >= 0.6 is 15.9 Å². The molecule has 0 aromatic heterocycles. The summed E-state index contributed by atoms with van der Waals surface area (Å²) in [6.07, 6.45) is 5.95. The van der Waals surface area contributed by atoms with Gasteiger partial charge in [-0.3, -0.25) is 0 Å². The number of rotatable bonds is 3. The molecule has 0 heterocycles. The van der Waals surface area contributed by atoms with Crippen LogP contribution in [0.3, 0.4) is 0 Å². The van der Waals surface area contributed by atoms with Crippen LogP contribution in [0.1, 0.15) is 56.3 Å². The predicted octanol–water partition coefficient (Wildman–Crippen LogP) is 5.01. The van der Waals surface area contributed by atoms with Crippen molar-refractivity contribution in [3.63, 3.8) is 0 Å². The fourth-order valence-electron chi connectivity index (χ4n) is 3.33. The highest BCUT2D eigenvalue weighted by Crippen LogP contribution is 2.41. The Hall–Kier alpha value is -0.340. The first-order valence-electron chi connectivity index (χ1n) is 7.08. The first-order valence-corrected chi connectivity index (χ1v) is 7.87. The lowest BCUT2D eigenvalue weighted by Crippen LogP contribution is -2.25. The van der Waals surface area contributed by atoms with E-state index in [0.717, 1.165) is 10.0 Å². The molecule has 1 aromatic carbocycles. The molecule has 18 heavy (non-hydrogen) atoms. The van der Waals surface area contributed by atoms with E-state index >= 15 is 0 Å². The summed E-state index contributed by atoms with van der Waals surface area (Å²) >= 11 is 3.56. The van der Waals surface area contributed by atoms with Crippen molar-refractivity contribution in [2.24, 2.45) is 11.8 Å². The van der Waals surface area contributed by atoms with E-state index in [4.69, 9.17) is 0 Å². The summed E-state index contributed by atoms with van der Waals surface area (Å²) in [6, 6.07) is 6.15. The number of aliphatic hydroxyl groups is 1. The molecule has 0 radical (unpaired) electrons. The minimum absolute atomic E-state index is 0.298. The molecule has 0 bridgehead atoms. The van der Waals surface area contributed by atoms with E-state index in [1.54, 1.807) is 0 Å². The molecule has 0 spiro atoms. The van der Waals surface area contributed by atoms with E-state index in [9.17, 15) is 5.11 Å². The summed E-state index contributed by atoms with van der Waals surface area (Å²) < 4.78 is 1.10. The third-order valence-electron chi connectivity index (χ3n) is 4.53. The molecule has 0 amide bonds. The van der Waals surface area contributed by atoms with Crippen molar-refractivity contribution in [3.05, 3.63) is 33.8 Å². The van der Waals surface area contributed by atoms with Crippen molar-refractivity contribution in [1.29, 1.82) is 0 Å². The number of benzene rings is 1. The van der Waals surface area contributed by atoms with Gasteiger partial charge in [-0.15, -0.1) is 0 Å². The maximum Gasteiger partial charge on any atom is 0.0823 e. The largest absolute Gasteiger partial charge is 0.388 e. The first kappa shape index (κ1) is 14.1. The van der Waals surface area contributed by atoms with Crippen molar-refractivity contribution in [3.8, 4) is 0 Å². The lowest BCUT2D eigenvalue weighted by Gasteiger charge is -2.35. The third kappa shape index (κ3) is 2.80. The van der Waals surface area contributed by atoms with Crippen LogP contribution in [-0.2, 0) is 0 Å². The maximum absolute atomic E-state index is 10.7. The fraction of sp³-hybridized carbons (Fsp3) is 0.625. The van der Waals surface area contributed by atoms with Crippen molar-refractivity contribution in [2.75, 3.05) is 0 Å². The summed E-state index contributed by atoms with van der Waals surface area (Å²) in [4.78, 5) is 0. The Balaban J connectivity index is 2.23. The smallest absolute Gasteiger partial charge is 0.0823 e. The van der Waals surface area contributed by atoms with Crippen LogP contribution in [0.15, 0.2) is 22.7 Å². The predicted molar refractivity (Wildman–Crippen MR) is 79.6 cm³/mol. The average molecular weight is 311 g/mol. The van der Waals surface area contributed by atoms with Crippen molar-refractivity contribution < 1.29 is 5.11 Å². The van der Waals surface area contributed by atoms with Gasteiger partial charge >= 0.3 is 0 Å². The molecule has 1 saturated carbocycles. The summed E-state index contributed by atoms with van der Waals surface area (Å²) in [5.41, 5.74) is 2.29. The molecule has 1 fully saturated rings. The molecule has 0 saturated heterocycles. The highest BCUT2D eigenvalue weighted by Gasteiger charge is 2.31. The molecule has 100 valence electrons. The van der Waals surface area contributed by atoms with Crippen LogP contribution in [0, 0.1) is 18.8 Å². The zero-order chi connectivity index (χ0) is 13.1. The molecule has 1 aliphatic carbocycles. The Kier molecular flexibility index (Phi) is 4.85. The number of hydrogen-bond acceptors (Lipinski definition) is 1. The quantitative estimate of drug-likeness (QED) is 0.832. The summed E-state index contributed by atoms with van der Waals surface area (Å²) in [7, 11) is 0. The van der Waals surface area contributed by atoms with E-state index in [-0.39, 0.29) is 6.10 Å². The van der Waals surface area contributed by atoms with E-state index in [1.165, 1.54) is 37.7 Å². The van der Waals surface area contributed by atoms with E-state index in [2.05, 4.69) is 35.8 Å². The van der Waals surface area contributed by atoms with Gasteiger partial charge in [-0.25, -0.2) is 0 Å². The second-order valence-electron chi connectivity index (χ2n) is 5.52. The van der Waals surface area contributed by atoms with Crippen LogP contribution in [0.2, 0.25) is 0 Å². The van der Waals surface area contributed by atoms with E-state index in [0.29, 0.717) is 11.8 Å². The van der Waals surface area contributed by atoms with Gasteiger partial charge in [0.15, 0.2) is 0 Å². The zero-order valence-electron chi connectivity index (χ0n) is 11.3. The first-order chi connectivity index (χ1) is 8.65. The Morgan fingerprint density at radius 2 is 2.06 bits per heavy atom. The van der Waals surface area contributed by atoms with Gasteiger partial charge in [-0.1, -0.05) is 60.7 Å². The molecule has 3 unspecified atom stereocenters. The molecule has 0 aliphatic heterocycles. The summed E-state index contributed by atoms with van der Waals surface area (Å²) in [6.45, 7) is 4.34. The van der Waals surface area contributed by atoms with Crippen molar-refractivity contribution in [1.82, 2.24) is 0 Å². The van der Waals surface area contributed by atoms with Crippen molar-refractivity contribution in [2.45, 2.75) is 52.1 Å². The molecule has 1 aromatic rings. The second-order valence-corrected chi connectivity index (χ2v) is 6.37. The summed E-state index contributed by atoms with van der Waals surface area (Å²) in [5, 5.41) is 10.7. The van der Waals surface area contributed by atoms with Gasteiger partial charge < -0.3 is 5.11 Å². The Morgan fingerprint density at radius 1 is 1.33 bits per heavy atom. The van der Waals surface area contributed by atoms with Crippen LogP contribution in [0.4, 0.5) is 0 Å².